The highest BCUT2D eigenvalue weighted by Gasteiger charge is 2.12. The van der Waals surface area contributed by atoms with E-state index >= 15 is 0 Å². The predicted octanol–water partition coefficient (Wildman–Crippen LogP) is 3.94. The minimum atomic E-state index is -0.779. The lowest BCUT2D eigenvalue weighted by Crippen LogP contribution is -2.08. The maximum absolute atomic E-state index is 13.7. The second-order valence-corrected chi connectivity index (χ2v) is 4.56. The van der Waals surface area contributed by atoms with Crippen LogP contribution in [0.2, 0.25) is 0 Å². The SMILES string of the molecule is CCC(N)c1ccc(Oc2ccc([N+](=O)[O-])cc2F)cc1. The van der Waals surface area contributed by atoms with Crippen LogP contribution < -0.4 is 10.5 Å². The van der Waals surface area contributed by atoms with E-state index in [0.29, 0.717) is 5.75 Å². The zero-order valence-corrected chi connectivity index (χ0v) is 11.5. The zero-order valence-electron chi connectivity index (χ0n) is 11.5. The third-order valence-electron chi connectivity index (χ3n) is 3.10. The maximum atomic E-state index is 13.7. The fourth-order valence-electron chi connectivity index (χ4n) is 1.83. The molecule has 5 nitrogen and oxygen atoms in total. The zero-order chi connectivity index (χ0) is 15.4. The maximum Gasteiger partial charge on any atom is 0.272 e. The molecule has 0 heterocycles. The predicted molar refractivity (Wildman–Crippen MR) is 76.8 cm³/mol. The van der Waals surface area contributed by atoms with E-state index < -0.39 is 10.7 Å². The minimum Gasteiger partial charge on any atom is -0.454 e. The van der Waals surface area contributed by atoms with Crippen molar-refractivity contribution in [2.24, 2.45) is 5.73 Å². The Morgan fingerprint density at radius 1 is 1.29 bits per heavy atom. The molecule has 2 rings (SSSR count). The molecule has 0 aromatic heterocycles. The lowest BCUT2D eigenvalue weighted by Gasteiger charge is -2.11. The summed E-state index contributed by atoms with van der Waals surface area (Å²) >= 11 is 0. The number of nitrogens with two attached hydrogens (primary N) is 1. The van der Waals surface area contributed by atoms with E-state index in [1.807, 2.05) is 19.1 Å². The van der Waals surface area contributed by atoms with Gasteiger partial charge in [0.2, 0.25) is 0 Å². The van der Waals surface area contributed by atoms with Crippen LogP contribution in [0, 0.1) is 15.9 Å². The third-order valence-corrected chi connectivity index (χ3v) is 3.10. The Morgan fingerprint density at radius 3 is 2.48 bits per heavy atom. The Hall–Kier alpha value is -2.47. The summed E-state index contributed by atoms with van der Waals surface area (Å²) in [5.41, 5.74) is 6.55. The third kappa shape index (κ3) is 3.55. The molecule has 0 saturated heterocycles. The van der Waals surface area contributed by atoms with Crippen LogP contribution in [0.5, 0.6) is 11.5 Å². The molecule has 0 saturated carbocycles. The van der Waals surface area contributed by atoms with Crippen molar-refractivity contribution in [1.29, 1.82) is 0 Å². The Labute approximate surface area is 121 Å². The first-order valence-electron chi connectivity index (χ1n) is 6.48. The first-order valence-corrected chi connectivity index (χ1v) is 6.48. The summed E-state index contributed by atoms with van der Waals surface area (Å²) in [5, 5.41) is 10.5. The minimum absolute atomic E-state index is 0.0461. The van der Waals surface area contributed by atoms with Gasteiger partial charge in [-0.25, -0.2) is 4.39 Å². The van der Waals surface area contributed by atoms with Gasteiger partial charge in [-0.3, -0.25) is 10.1 Å². The highest BCUT2D eigenvalue weighted by atomic mass is 19.1. The molecule has 1 unspecified atom stereocenters. The molecule has 1 atom stereocenters. The van der Waals surface area contributed by atoms with Crippen LogP contribution in [0.4, 0.5) is 10.1 Å². The van der Waals surface area contributed by atoms with Gasteiger partial charge >= 0.3 is 0 Å². The largest absolute Gasteiger partial charge is 0.454 e. The van der Waals surface area contributed by atoms with Crippen molar-refractivity contribution in [3.05, 3.63) is 64.0 Å². The molecule has 0 aliphatic heterocycles. The standard InChI is InChI=1S/C15H15FN2O3/c1-2-14(17)10-3-6-12(7-4-10)21-15-8-5-11(18(19)20)9-13(15)16/h3-9,14H,2,17H2,1H3. The van der Waals surface area contributed by atoms with E-state index in [0.717, 1.165) is 18.1 Å². The molecule has 0 radical (unpaired) electrons. The Kier molecular flexibility index (Phi) is 4.49. The fraction of sp³-hybridized carbons (Fsp3) is 0.200. The van der Waals surface area contributed by atoms with Gasteiger partial charge in [-0.2, -0.15) is 0 Å². The molecule has 110 valence electrons. The Morgan fingerprint density at radius 2 is 1.95 bits per heavy atom. The van der Waals surface area contributed by atoms with Crippen LogP contribution >= 0.6 is 0 Å². The van der Waals surface area contributed by atoms with Crippen LogP contribution in [-0.4, -0.2) is 4.92 Å². The fourth-order valence-corrected chi connectivity index (χ4v) is 1.83. The van der Waals surface area contributed by atoms with Crippen LogP contribution in [0.15, 0.2) is 42.5 Å². The first-order chi connectivity index (χ1) is 10.0. The number of hydrogen-bond acceptors (Lipinski definition) is 4. The number of nitro groups is 1. The lowest BCUT2D eigenvalue weighted by atomic mass is 10.1. The Balaban J connectivity index is 2.16. The molecule has 2 aromatic carbocycles. The number of rotatable bonds is 5. The summed E-state index contributed by atoms with van der Waals surface area (Å²) in [7, 11) is 0. The molecule has 0 bridgehead atoms. The Bertz CT molecular complexity index is 644. The summed E-state index contributed by atoms with van der Waals surface area (Å²) in [5.74, 6) is -0.401. The van der Waals surface area contributed by atoms with Crippen molar-refractivity contribution < 1.29 is 14.1 Å². The highest BCUT2D eigenvalue weighted by Crippen LogP contribution is 2.28. The summed E-state index contributed by atoms with van der Waals surface area (Å²) in [6, 6.07) is 10.2. The van der Waals surface area contributed by atoms with Gasteiger partial charge in [-0.05, 0) is 30.2 Å². The van der Waals surface area contributed by atoms with Gasteiger partial charge in [-0.1, -0.05) is 19.1 Å². The highest BCUT2D eigenvalue weighted by molar-refractivity contribution is 5.40. The van der Waals surface area contributed by atoms with Gasteiger partial charge in [0.25, 0.3) is 5.69 Å². The average Bonchev–Trinajstić information content (AvgIpc) is 2.49. The van der Waals surface area contributed by atoms with Crippen molar-refractivity contribution in [3.63, 3.8) is 0 Å². The quantitative estimate of drug-likeness (QED) is 0.668. The van der Waals surface area contributed by atoms with Gasteiger partial charge in [0.15, 0.2) is 11.6 Å². The molecule has 0 amide bonds. The second-order valence-electron chi connectivity index (χ2n) is 4.56. The number of hydrogen-bond donors (Lipinski definition) is 1. The van der Waals surface area contributed by atoms with E-state index in [2.05, 4.69) is 0 Å². The molecule has 0 aliphatic rings. The van der Waals surface area contributed by atoms with E-state index in [9.17, 15) is 14.5 Å². The number of non-ortho nitro benzene ring substituents is 1. The van der Waals surface area contributed by atoms with Crippen molar-refractivity contribution in [2.45, 2.75) is 19.4 Å². The smallest absolute Gasteiger partial charge is 0.272 e. The van der Waals surface area contributed by atoms with E-state index in [1.54, 1.807) is 12.1 Å². The number of nitro benzene ring substituents is 1. The summed E-state index contributed by atoms with van der Waals surface area (Å²) in [4.78, 5) is 9.88. The van der Waals surface area contributed by atoms with E-state index in [-0.39, 0.29) is 17.5 Å². The number of ether oxygens (including phenoxy) is 1. The van der Waals surface area contributed by atoms with Crippen molar-refractivity contribution in [2.75, 3.05) is 0 Å². The van der Waals surface area contributed by atoms with Gasteiger partial charge in [-0.15, -0.1) is 0 Å². The number of benzene rings is 2. The van der Waals surface area contributed by atoms with Crippen molar-refractivity contribution in [3.8, 4) is 11.5 Å². The van der Waals surface area contributed by atoms with Crippen LogP contribution in [0.1, 0.15) is 24.9 Å². The van der Waals surface area contributed by atoms with Crippen molar-refractivity contribution in [1.82, 2.24) is 0 Å². The van der Waals surface area contributed by atoms with Crippen LogP contribution in [0.3, 0.4) is 0 Å². The molecule has 21 heavy (non-hydrogen) atoms. The van der Waals surface area contributed by atoms with Crippen LogP contribution in [0.25, 0.3) is 0 Å². The van der Waals surface area contributed by atoms with Crippen LogP contribution in [-0.2, 0) is 0 Å². The van der Waals surface area contributed by atoms with Gasteiger partial charge in [0, 0.05) is 12.1 Å². The summed E-state index contributed by atoms with van der Waals surface area (Å²) in [6.07, 6.45) is 0.817. The summed E-state index contributed by atoms with van der Waals surface area (Å²) < 4.78 is 19.1. The van der Waals surface area contributed by atoms with Crippen molar-refractivity contribution >= 4 is 5.69 Å². The topological polar surface area (TPSA) is 78.4 Å². The monoisotopic (exact) mass is 290 g/mol. The van der Waals surface area contributed by atoms with Gasteiger partial charge < -0.3 is 10.5 Å². The summed E-state index contributed by atoms with van der Waals surface area (Å²) in [6.45, 7) is 1.99. The van der Waals surface area contributed by atoms with Gasteiger partial charge in [0.05, 0.1) is 11.0 Å². The van der Waals surface area contributed by atoms with Gasteiger partial charge in [0.1, 0.15) is 5.75 Å². The molecule has 2 aromatic rings. The van der Waals surface area contributed by atoms with E-state index in [1.165, 1.54) is 12.1 Å². The molecule has 0 spiro atoms. The second kappa shape index (κ2) is 6.32. The number of nitrogens with zero attached hydrogens (tertiary/aromatic N) is 1. The molecule has 6 heteroatoms. The molecular weight excluding hydrogens is 275 g/mol. The molecular formula is C15H15FN2O3. The normalized spacial score (nSPS) is 12.0. The molecule has 0 fully saturated rings. The van der Waals surface area contributed by atoms with E-state index in [4.69, 9.17) is 10.5 Å². The lowest BCUT2D eigenvalue weighted by molar-refractivity contribution is -0.385. The average molecular weight is 290 g/mol. The number of halogens is 1. The molecule has 0 aliphatic carbocycles. The first kappa shape index (κ1) is 14.9. The molecule has 2 N–H and O–H groups in total.